The highest BCUT2D eigenvalue weighted by Gasteiger charge is 2.40. The van der Waals surface area contributed by atoms with Crippen LogP contribution in [0.2, 0.25) is 0 Å². The average molecular weight is 376 g/mol. The van der Waals surface area contributed by atoms with E-state index in [2.05, 4.69) is 25.2 Å². The molecule has 1 aliphatic heterocycles. The molecule has 4 nitrogen and oxygen atoms in total. The Balaban J connectivity index is 1.87. The van der Waals surface area contributed by atoms with E-state index in [-0.39, 0.29) is 16.6 Å². The van der Waals surface area contributed by atoms with Crippen LogP contribution < -0.4 is 10.1 Å². The van der Waals surface area contributed by atoms with Gasteiger partial charge in [0, 0.05) is 17.4 Å². The van der Waals surface area contributed by atoms with Crippen molar-refractivity contribution >= 4 is 17.7 Å². The van der Waals surface area contributed by atoms with Crippen LogP contribution in [0, 0.1) is 11.3 Å². The molecule has 0 saturated carbocycles. The number of carboxylic acids is 1. The van der Waals surface area contributed by atoms with Crippen LogP contribution in [0.4, 0.5) is 0 Å². The van der Waals surface area contributed by atoms with Crippen LogP contribution in [0.1, 0.15) is 50.3 Å². The van der Waals surface area contributed by atoms with Crippen LogP contribution >= 0.6 is 11.8 Å². The molecule has 142 valence electrons. The Morgan fingerprint density at radius 2 is 2.15 bits per heavy atom. The van der Waals surface area contributed by atoms with Gasteiger partial charge in [-0.3, -0.25) is 4.79 Å². The number of aliphatic carboxylic acids is 1. The molecule has 0 bridgehead atoms. The topological polar surface area (TPSA) is 58.6 Å². The van der Waals surface area contributed by atoms with Crippen molar-refractivity contribution in [1.82, 2.24) is 5.32 Å². The highest BCUT2D eigenvalue weighted by molar-refractivity contribution is 8.03. The maximum Gasteiger partial charge on any atom is 0.310 e. The molecule has 1 aliphatic carbocycles. The van der Waals surface area contributed by atoms with Crippen LogP contribution in [-0.4, -0.2) is 31.3 Å². The lowest BCUT2D eigenvalue weighted by Gasteiger charge is -2.40. The minimum Gasteiger partial charge on any atom is -0.492 e. The second-order valence-corrected chi connectivity index (χ2v) is 9.31. The SMILES string of the molecule is CNCCOc1ccccc1C1CC(C(=O)O)C2=C(CCC(C)(C)C2)S1. The van der Waals surface area contributed by atoms with E-state index in [0.29, 0.717) is 13.0 Å². The molecule has 0 radical (unpaired) electrons. The van der Waals surface area contributed by atoms with Crippen LogP contribution in [0.25, 0.3) is 0 Å². The van der Waals surface area contributed by atoms with Crippen molar-refractivity contribution < 1.29 is 14.6 Å². The lowest BCUT2D eigenvalue weighted by molar-refractivity contribution is -0.140. The normalized spacial score (nSPS) is 24.9. The van der Waals surface area contributed by atoms with Gasteiger partial charge in [0.2, 0.25) is 0 Å². The molecule has 5 heteroatoms. The van der Waals surface area contributed by atoms with Gasteiger partial charge >= 0.3 is 5.97 Å². The zero-order valence-electron chi connectivity index (χ0n) is 15.9. The fourth-order valence-electron chi connectivity index (χ4n) is 3.92. The van der Waals surface area contributed by atoms with Crippen LogP contribution in [0.3, 0.4) is 0 Å². The standard InChI is InChI=1S/C21H29NO3S/c1-21(2)9-8-18-16(13-21)15(20(23)24)12-19(26-18)14-6-4-5-7-17(14)25-11-10-22-3/h4-7,15,19,22H,8-13H2,1-3H3,(H,23,24). The number of hydrogen-bond acceptors (Lipinski definition) is 4. The van der Waals surface area contributed by atoms with Crippen molar-refractivity contribution in [3.05, 3.63) is 40.3 Å². The molecule has 2 unspecified atom stereocenters. The van der Waals surface area contributed by atoms with Gasteiger partial charge in [-0.15, -0.1) is 11.8 Å². The predicted octanol–water partition coefficient (Wildman–Crippen LogP) is 4.63. The molecule has 0 fully saturated rings. The van der Waals surface area contributed by atoms with Gasteiger partial charge in [0.25, 0.3) is 0 Å². The third kappa shape index (κ3) is 4.26. The summed E-state index contributed by atoms with van der Waals surface area (Å²) in [7, 11) is 1.91. The van der Waals surface area contributed by atoms with E-state index in [0.717, 1.165) is 37.1 Å². The molecule has 0 aromatic heterocycles. The third-order valence-electron chi connectivity index (χ3n) is 5.38. The molecule has 1 aromatic rings. The number of allylic oxidation sites excluding steroid dienone is 1. The highest BCUT2D eigenvalue weighted by atomic mass is 32.2. The van der Waals surface area contributed by atoms with E-state index < -0.39 is 5.97 Å². The number of para-hydroxylation sites is 1. The summed E-state index contributed by atoms with van der Waals surface area (Å²) < 4.78 is 5.96. The monoisotopic (exact) mass is 375 g/mol. The maximum atomic E-state index is 12.0. The number of thioether (sulfide) groups is 1. The summed E-state index contributed by atoms with van der Waals surface area (Å²) in [6, 6.07) is 8.08. The van der Waals surface area contributed by atoms with Gasteiger partial charge in [-0.05, 0) is 54.7 Å². The molecule has 2 atom stereocenters. The lowest BCUT2D eigenvalue weighted by atomic mass is 9.72. The number of rotatable bonds is 6. The molecule has 26 heavy (non-hydrogen) atoms. The third-order valence-corrected chi connectivity index (χ3v) is 6.87. The Bertz CT molecular complexity index is 698. The second kappa shape index (κ2) is 8.05. The Hall–Kier alpha value is -1.46. The number of carboxylic acid groups (broad SMARTS) is 1. The summed E-state index contributed by atoms with van der Waals surface area (Å²) in [6.07, 6.45) is 3.66. The quantitative estimate of drug-likeness (QED) is 0.710. The largest absolute Gasteiger partial charge is 0.492 e. The van der Waals surface area contributed by atoms with Crippen LogP contribution in [-0.2, 0) is 4.79 Å². The molecule has 0 saturated heterocycles. The minimum absolute atomic E-state index is 0.141. The molecule has 1 aromatic carbocycles. The number of ether oxygens (including phenoxy) is 1. The van der Waals surface area contributed by atoms with E-state index in [9.17, 15) is 9.90 Å². The lowest BCUT2D eigenvalue weighted by Crippen LogP contribution is -2.29. The van der Waals surface area contributed by atoms with Gasteiger partial charge in [0.1, 0.15) is 12.4 Å². The zero-order chi connectivity index (χ0) is 18.7. The summed E-state index contributed by atoms with van der Waals surface area (Å²) >= 11 is 1.86. The molecule has 0 spiro atoms. The average Bonchev–Trinajstić information content (AvgIpc) is 2.61. The minimum atomic E-state index is -0.686. The highest BCUT2D eigenvalue weighted by Crippen LogP contribution is 2.56. The summed E-state index contributed by atoms with van der Waals surface area (Å²) in [6.45, 7) is 5.89. The summed E-state index contributed by atoms with van der Waals surface area (Å²) in [5, 5.41) is 13.1. The van der Waals surface area contributed by atoms with Crippen molar-refractivity contribution in [2.24, 2.45) is 11.3 Å². The molecule has 3 rings (SSSR count). The van der Waals surface area contributed by atoms with E-state index in [1.165, 1.54) is 10.5 Å². The number of nitrogens with one attached hydrogen (secondary N) is 1. The summed E-state index contributed by atoms with van der Waals surface area (Å²) in [5.41, 5.74) is 2.49. The summed E-state index contributed by atoms with van der Waals surface area (Å²) in [5.74, 6) is -0.181. The van der Waals surface area contributed by atoms with Gasteiger partial charge in [0.05, 0.1) is 5.92 Å². The first-order valence-corrected chi connectivity index (χ1v) is 10.3. The van der Waals surface area contributed by atoms with E-state index in [4.69, 9.17) is 4.74 Å². The molecule has 0 amide bonds. The van der Waals surface area contributed by atoms with Gasteiger partial charge in [-0.25, -0.2) is 0 Å². The van der Waals surface area contributed by atoms with Crippen LogP contribution in [0.15, 0.2) is 34.7 Å². The first kappa shape index (κ1) is 19.3. The van der Waals surface area contributed by atoms with Gasteiger partial charge in [0.15, 0.2) is 0 Å². The van der Waals surface area contributed by atoms with Gasteiger partial charge < -0.3 is 15.2 Å². The number of benzene rings is 1. The van der Waals surface area contributed by atoms with Crippen molar-refractivity contribution in [2.75, 3.05) is 20.2 Å². The van der Waals surface area contributed by atoms with E-state index in [1.807, 2.05) is 37.0 Å². The van der Waals surface area contributed by atoms with E-state index in [1.54, 1.807) is 0 Å². The fourth-order valence-corrected chi connectivity index (χ4v) is 5.46. The second-order valence-electron chi connectivity index (χ2n) is 8.01. The first-order chi connectivity index (χ1) is 12.4. The first-order valence-electron chi connectivity index (χ1n) is 9.39. The molecule has 2 aliphatic rings. The van der Waals surface area contributed by atoms with Gasteiger partial charge in [-0.2, -0.15) is 0 Å². The number of hydrogen-bond donors (Lipinski definition) is 2. The molecule has 2 N–H and O–H groups in total. The molecule has 1 heterocycles. The zero-order valence-corrected chi connectivity index (χ0v) is 16.7. The Labute approximate surface area is 160 Å². The number of carbonyl (C=O) groups is 1. The molecular formula is C21H29NO3S. The van der Waals surface area contributed by atoms with Crippen molar-refractivity contribution in [3.63, 3.8) is 0 Å². The smallest absolute Gasteiger partial charge is 0.310 e. The predicted molar refractivity (Wildman–Crippen MR) is 107 cm³/mol. The Morgan fingerprint density at radius 1 is 1.38 bits per heavy atom. The van der Waals surface area contributed by atoms with Crippen molar-refractivity contribution in [2.45, 2.75) is 44.8 Å². The Kier molecular flexibility index (Phi) is 5.98. The Morgan fingerprint density at radius 3 is 2.88 bits per heavy atom. The van der Waals surface area contributed by atoms with Crippen LogP contribution in [0.5, 0.6) is 5.75 Å². The van der Waals surface area contributed by atoms with Gasteiger partial charge in [-0.1, -0.05) is 32.0 Å². The molecular weight excluding hydrogens is 346 g/mol. The van der Waals surface area contributed by atoms with E-state index >= 15 is 0 Å². The van der Waals surface area contributed by atoms with Crippen molar-refractivity contribution in [1.29, 1.82) is 0 Å². The summed E-state index contributed by atoms with van der Waals surface area (Å²) in [4.78, 5) is 13.3. The maximum absolute atomic E-state index is 12.0. The number of likely N-dealkylation sites (N-methyl/N-ethyl adjacent to an activating group) is 1. The van der Waals surface area contributed by atoms with Crippen molar-refractivity contribution in [3.8, 4) is 5.75 Å². The fraction of sp³-hybridized carbons (Fsp3) is 0.571.